The van der Waals surface area contributed by atoms with Crippen LogP contribution in [0.1, 0.15) is 24.2 Å². The van der Waals surface area contributed by atoms with Gasteiger partial charge in [0.15, 0.2) is 0 Å². The molecule has 1 saturated carbocycles. The van der Waals surface area contributed by atoms with Gasteiger partial charge in [-0.05, 0) is 18.9 Å². The van der Waals surface area contributed by atoms with Crippen molar-refractivity contribution in [3.63, 3.8) is 0 Å². The van der Waals surface area contributed by atoms with Crippen LogP contribution in [0.25, 0.3) is 11.0 Å². The van der Waals surface area contributed by atoms with E-state index in [9.17, 15) is 0 Å². The number of furan rings is 1. The second-order valence-electron chi connectivity index (χ2n) is 4.59. The standard InChI is InChI=1S/C14H17NO2/c1-16-9-12-11-4-2-3-5-13(11)17-14(12)8-15-10-6-7-10/h2-5,10,15H,6-9H2,1H3. The first-order valence-corrected chi connectivity index (χ1v) is 6.10. The fourth-order valence-electron chi connectivity index (χ4n) is 2.12. The van der Waals surface area contributed by atoms with Gasteiger partial charge >= 0.3 is 0 Å². The van der Waals surface area contributed by atoms with Gasteiger partial charge in [0.1, 0.15) is 11.3 Å². The monoisotopic (exact) mass is 231 g/mol. The molecule has 1 fully saturated rings. The third kappa shape index (κ3) is 2.21. The largest absolute Gasteiger partial charge is 0.459 e. The van der Waals surface area contributed by atoms with Crippen molar-refractivity contribution >= 4 is 11.0 Å². The molecule has 3 rings (SSSR count). The SMILES string of the molecule is COCc1c(CNC2CC2)oc2ccccc12. The minimum absolute atomic E-state index is 0.610. The molecule has 1 aliphatic rings. The fraction of sp³-hybridized carbons (Fsp3) is 0.429. The normalized spacial score (nSPS) is 15.6. The summed E-state index contributed by atoms with van der Waals surface area (Å²) in [5.74, 6) is 1.01. The van der Waals surface area contributed by atoms with Gasteiger partial charge < -0.3 is 14.5 Å². The summed E-state index contributed by atoms with van der Waals surface area (Å²) in [5, 5.41) is 4.65. The van der Waals surface area contributed by atoms with E-state index >= 15 is 0 Å². The number of hydrogen-bond acceptors (Lipinski definition) is 3. The molecule has 90 valence electrons. The van der Waals surface area contributed by atoms with Crippen LogP contribution < -0.4 is 5.32 Å². The van der Waals surface area contributed by atoms with E-state index < -0.39 is 0 Å². The average Bonchev–Trinajstić information content (AvgIpc) is 3.11. The molecule has 2 aromatic rings. The Morgan fingerprint density at radius 3 is 2.94 bits per heavy atom. The molecule has 0 aliphatic heterocycles. The predicted molar refractivity (Wildman–Crippen MR) is 66.8 cm³/mol. The predicted octanol–water partition coefficient (Wildman–Crippen LogP) is 2.83. The van der Waals surface area contributed by atoms with Crippen LogP contribution in [0.2, 0.25) is 0 Å². The highest BCUT2D eigenvalue weighted by molar-refractivity contribution is 5.82. The van der Waals surface area contributed by atoms with Crippen molar-refractivity contribution < 1.29 is 9.15 Å². The Morgan fingerprint density at radius 2 is 2.18 bits per heavy atom. The Morgan fingerprint density at radius 1 is 1.35 bits per heavy atom. The Kier molecular flexibility index (Phi) is 2.87. The summed E-state index contributed by atoms with van der Waals surface area (Å²) in [6, 6.07) is 8.83. The van der Waals surface area contributed by atoms with Gasteiger partial charge in [-0.25, -0.2) is 0 Å². The highest BCUT2D eigenvalue weighted by atomic mass is 16.5. The molecule has 0 radical (unpaired) electrons. The summed E-state index contributed by atoms with van der Waals surface area (Å²) in [5.41, 5.74) is 2.13. The zero-order valence-electron chi connectivity index (χ0n) is 10.0. The van der Waals surface area contributed by atoms with Gasteiger partial charge in [-0.3, -0.25) is 0 Å². The average molecular weight is 231 g/mol. The molecule has 1 N–H and O–H groups in total. The number of methoxy groups -OCH3 is 1. The zero-order valence-corrected chi connectivity index (χ0v) is 10.0. The van der Waals surface area contributed by atoms with Gasteiger partial charge in [0.2, 0.25) is 0 Å². The van der Waals surface area contributed by atoms with Crippen molar-refractivity contribution in [2.24, 2.45) is 0 Å². The molecule has 1 heterocycles. The third-order valence-electron chi connectivity index (χ3n) is 3.20. The molecule has 0 unspecified atom stereocenters. The molecule has 0 bridgehead atoms. The lowest BCUT2D eigenvalue weighted by atomic mass is 10.1. The number of hydrogen-bond donors (Lipinski definition) is 1. The van der Waals surface area contributed by atoms with Crippen LogP contribution in [0.5, 0.6) is 0 Å². The van der Waals surface area contributed by atoms with Crippen molar-refractivity contribution in [3.05, 3.63) is 35.6 Å². The molecule has 0 spiro atoms. The van der Waals surface area contributed by atoms with Crippen LogP contribution in [0.15, 0.2) is 28.7 Å². The van der Waals surface area contributed by atoms with E-state index in [1.165, 1.54) is 23.8 Å². The maximum absolute atomic E-state index is 5.89. The molecule has 3 heteroatoms. The van der Waals surface area contributed by atoms with Crippen LogP contribution in [-0.4, -0.2) is 13.2 Å². The first-order chi connectivity index (χ1) is 8.38. The lowest BCUT2D eigenvalue weighted by molar-refractivity contribution is 0.183. The summed E-state index contributed by atoms with van der Waals surface area (Å²) in [6.07, 6.45) is 2.58. The Bertz CT molecular complexity index is 514. The van der Waals surface area contributed by atoms with Crippen molar-refractivity contribution in [2.75, 3.05) is 7.11 Å². The van der Waals surface area contributed by atoms with E-state index in [1.54, 1.807) is 7.11 Å². The van der Waals surface area contributed by atoms with Crippen molar-refractivity contribution in [1.29, 1.82) is 0 Å². The van der Waals surface area contributed by atoms with E-state index in [-0.39, 0.29) is 0 Å². The van der Waals surface area contributed by atoms with Gasteiger partial charge in [0, 0.05) is 24.1 Å². The summed E-state index contributed by atoms with van der Waals surface area (Å²) >= 11 is 0. The smallest absolute Gasteiger partial charge is 0.134 e. The van der Waals surface area contributed by atoms with Crippen molar-refractivity contribution in [2.45, 2.75) is 32.0 Å². The highest BCUT2D eigenvalue weighted by Gasteiger charge is 2.22. The first kappa shape index (κ1) is 10.8. The van der Waals surface area contributed by atoms with Crippen LogP contribution >= 0.6 is 0 Å². The first-order valence-electron chi connectivity index (χ1n) is 6.10. The molecule has 0 saturated heterocycles. The molecular weight excluding hydrogens is 214 g/mol. The topological polar surface area (TPSA) is 34.4 Å². The minimum atomic E-state index is 0.610. The Hall–Kier alpha value is -1.32. The van der Waals surface area contributed by atoms with E-state index in [1.807, 2.05) is 18.2 Å². The molecule has 17 heavy (non-hydrogen) atoms. The van der Waals surface area contributed by atoms with Gasteiger partial charge in [0.25, 0.3) is 0 Å². The van der Waals surface area contributed by atoms with Gasteiger partial charge in [-0.1, -0.05) is 18.2 Å². The number of fused-ring (bicyclic) bond motifs is 1. The van der Waals surface area contributed by atoms with Gasteiger partial charge in [-0.15, -0.1) is 0 Å². The number of para-hydroxylation sites is 1. The van der Waals surface area contributed by atoms with Crippen molar-refractivity contribution in [1.82, 2.24) is 5.32 Å². The number of nitrogens with one attached hydrogen (secondary N) is 1. The second kappa shape index (κ2) is 4.51. The zero-order chi connectivity index (χ0) is 11.7. The molecule has 1 aliphatic carbocycles. The quantitative estimate of drug-likeness (QED) is 0.859. The minimum Gasteiger partial charge on any atom is -0.459 e. The van der Waals surface area contributed by atoms with E-state index in [4.69, 9.17) is 9.15 Å². The van der Waals surface area contributed by atoms with E-state index in [0.717, 1.165) is 17.9 Å². The summed E-state index contributed by atoms with van der Waals surface area (Å²) in [6.45, 7) is 1.41. The van der Waals surface area contributed by atoms with Gasteiger partial charge in [-0.2, -0.15) is 0 Å². The molecule has 1 aromatic heterocycles. The molecular formula is C14H17NO2. The molecule has 0 atom stereocenters. The summed E-state index contributed by atoms with van der Waals surface area (Å²) in [7, 11) is 1.72. The molecule has 1 aromatic carbocycles. The molecule has 0 amide bonds. The van der Waals surface area contributed by atoms with Crippen LogP contribution in [0.4, 0.5) is 0 Å². The lowest BCUT2D eigenvalue weighted by Crippen LogP contribution is -2.15. The number of rotatable bonds is 5. The van der Waals surface area contributed by atoms with Crippen LogP contribution in [-0.2, 0) is 17.9 Å². The Balaban J connectivity index is 1.92. The number of ether oxygens (including phenoxy) is 1. The van der Waals surface area contributed by atoms with E-state index in [2.05, 4.69) is 11.4 Å². The van der Waals surface area contributed by atoms with E-state index in [0.29, 0.717) is 12.6 Å². The van der Waals surface area contributed by atoms with Crippen molar-refractivity contribution in [3.8, 4) is 0 Å². The summed E-state index contributed by atoms with van der Waals surface area (Å²) in [4.78, 5) is 0. The maximum Gasteiger partial charge on any atom is 0.134 e. The molecule has 3 nitrogen and oxygen atoms in total. The number of benzene rings is 1. The highest BCUT2D eigenvalue weighted by Crippen LogP contribution is 2.27. The van der Waals surface area contributed by atoms with Crippen LogP contribution in [0, 0.1) is 0 Å². The second-order valence-corrected chi connectivity index (χ2v) is 4.59. The third-order valence-corrected chi connectivity index (χ3v) is 3.20. The summed E-state index contributed by atoms with van der Waals surface area (Å²) < 4.78 is 11.2. The van der Waals surface area contributed by atoms with Gasteiger partial charge in [0.05, 0.1) is 13.2 Å². The fourth-order valence-corrected chi connectivity index (χ4v) is 2.12. The lowest BCUT2D eigenvalue weighted by Gasteiger charge is -2.03. The maximum atomic E-state index is 5.89. The van der Waals surface area contributed by atoms with Crippen LogP contribution in [0.3, 0.4) is 0 Å². The Labute approximate surface area is 101 Å².